The van der Waals surface area contributed by atoms with Crippen LogP contribution in [0.15, 0.2) is 0 Å². The molecule has 0 aromatic rings. The first kappa shape index (κ1) is 8.85. The van der Waals surface area contributed by atoms with E-state index in [0.717, 1.165) is 12.0 Å². The van der Waals surface area contributed by atoms with Crippen molar-refractivity contribution in [3.05, 3.63) is 0 Å². The highest BCUT2D eigenvalue weighted by Crippen LogP contribution is 2.18. The van der Waals surface area contributed by atoms with Crippen LogP contribution in [0.5, 0.6) is 0 Å². The molecule has 2 aliphatic rings. The Morgan fingerprint density at radius 2 is 2.00 bits per heavy atom. The van der Waals surface area contributed by atoms with Crippen molar-refractivity contribution in [2.45, 2.75) is 18.9 Å². The van der Waals surface area contributed by atoms with Crippen LogP contribution in [0.25, 0.3) is 0 Å². The summed E-state index contributed by atoms with van der Waals surface area (Å²) in [7, 11) is 0. The smallest absolute Gasteiger partial charge is 0.0248 e. The molecule has 0 aromatic carbocycles. The summed E-state index contributed by atoms with van der Waals surface area (Å²) in [5.74, 6) is 3.62. The predicted octanol–water partition coefficient (Wildman–Crippen LogP) is 0.691. The SMILES string of the molecule is C1CC(CNC2CSC2)CCN1. The van der Waals surface area contributed by atoms with E-state index in [0.29, 0.717) is 0 Å². The van der Waals surface area contributed by atoms with Gasteiger partial charge in [-0.1, -0.05) is 0 Å². The Bertz CT molecular complexity index is 130. The fourth-order valence-electron chi connectivity index (χ4n) is 1.77. The Labute approximate surface area is 78.9 Å². The van der Waals surface area contributed by atoms with E-state index < -0.39 is 0 Å². The van der Waals surface area contributed by atoms with Crippen molar-refractivity contribution in [1.82, 2.24) is 10.6 Å². The first-order chi connectivity index (χ1) is 5.95. The molecule has 2 nitrogen and oxygen atoms in total. The van der Waals surface area contributed by atoms with Gasteiger partial charge in [-0.2, -0.15) is 11.8 Å². The van der Waals surface area contributed by atoms with Crippen LogP contribution in [0.3, 0.4) is 0 Å². The number of piperidine rings is 1. The van der Waals surface area contributed by atoms with Crippen molar-refractivity contribution in [1.29, 1.82) is 0 Å². The summed E-state index contributed by atoms with van der Waals surface area (Å²) in [5, 5.41) is 7.04. The van der Waals surface area contributed by atoms with E-state index in [2.05, 4.69) is 22.4 Å². The molecule has 0 atom stereocenters. The maximum absolute atomic E-state index is 3.64. The van der Waals surface area contributed by atoms with E-state index in [1.165, 1.54) is 44.0 Å². The minimum absolute atomic E-state index is 0.838. The van der Waals surface area contributed by atoms with Gasteiger partial charge in [0.15, 0.2) is 0 Å². The fraction of sp³-hybridized carbons (Fsp3) is 1.00. The van der Waals surface area contributed by atoms with Crippen LogP contribution >= 0.6 is 11.8 Å². The summed E-state index contributed by atoms with van der Waals surface area (Å²) < 4.78 is 0. The first-order valence-corrected chi connectivity index (χ1v) is 6.12. The van der Waals surface area contributed by atoms with E-state index in [9.17, 15) is 0 Å². The van der Waals surface area contributed by atoms with Gasteiger partial charge in [0, 0.05) is 17.5 Å². The maximum Gasteiger partial charge on any atom is 0.0248 e. The molecular formula is C9H18N2S. The van der Waals surface area contributed by atoms with E-state index in [4.69, 9.17) is 0 Å². The lowest BCUT2D eigenvalue weighted by atomic mass is 9.98. The van der Waals surface area contributed by atoms with Crippen LogP contribution < -0.4 is 10.6 Å². The van der Waals surface area contributed by atoms with Gasteiger partial charge in [0.2, 0.25) is 0 Å². The van der Waals surface area contributed by atoms with Gasteiger partial charge in [0.25, 0.3) is 0 Å². The molecule has 0 aliphatic carbocycles. The summed E-state index contributed by atoms with van der Waals surface area (Å²) in [6.07, 6.45) is 2.74. The number of hydrogen-bond acceptors (Lipinski definition) is 3. The lowest BCUT2D eigenvalue weighted by Gasteiger charge is -2.30. The summed E-state index contributed by atoms with van der Waals surface area (Å²) in [6.45, 7) is 3.71. The molecule has 0 amide bonds. The Balaban J connectivity index is 1.58. The maximum atomic E-state index is 3.64. The number of hydrogen-bond donors (Lipinski definition) is 2. The minimum atomic E-state index is 0.838. The van der Waals surface area contributed by atoms with E-state index in [1.807, 2.05) is 0 Å². The summed E-state index contributed by atoms with van der Waals surface area (Å²) in [6, 6.07) is 0.838. The molecule has 12 heavy (non-hydrogen) atoms. The van der Waals surface area contributed by atoms with Gasteiger partial charge in [-0.25, -0.2) is 0 Å². The average Bonchev–Trinajstić information content (AvgIpc) is 2.04. The van der Waals surface area contributed by atoms with Gasteiger partial charge in [-0.3, -0.25) is 0 Å². The van der Waals surface area contributed by atoms with Crippen LogP contribution in [0, 0.1) is 5.92 Å². The Hall–Kier alpha value is 0.270. The second-order valence-corrected chi connectivity index (χ2v) is 4.91. The largest absolute Gasteiger partial charge is 0.317 e. The molecule has 2 aliphatic heterocycles. The topological polar surface area (TPSA) is 24.1 Å². The molecule has 0 unspecified atom stereocenters. The fourth-order valence-corrected chi connectivity index (χ4v) is 2.48. The van der Waals surface area contributed by atoms with E-state index in [-0.39, 0.29) is 0 Å². The van der Waals surface area contributed by atoms with Crippen molar-refractivity contribution in [2.75, 3.05) is 31.1 Å². The van der Waals surface area contributed by atoms with Gasteiger partial charge in [0.1, 0.15) is 0 Å². The zero-order chi connectivity index (χ0) is 8.23. The van der Waals surface area contributed by atoms with Gasteiger partial charge >= 0.3 is 0 Å². The third-order valence-electron chi connectivity index (χ3n) is 2.79. The first-order valence-electron chi connectivity index (χ1n) is 4.97. The second kappa shape index (κ2) is 4.49. The van der Waals surface area contributed by atoms with Crippen molar-refractivity contribution in [2.24, 2.45) is 5.92 Å². The lowest BCUT2D eigenvalue weighted by molar-refractivity contribution is 0.347. The Morgan fingerprint density at radius 3 is 2.58 bits per heavy atom. The van der Waals surface area contributed by atoms with Crippen molar-refractivity contribution < 1.29 is 0 Å². The highest BCUT2D eigenvalue weighted by molar-refractivity contribution is 8.00. The van der Waals surface area contributed by atoms with Crippen molar-refractivity contribution >= 4 is 11.8 Å². The van der Waals surface area contributed by atoms with Crippen LogP contribution in [0.2, 0.25) is 0 Å². The van der Waals surface area contributed by atoms with Crippen molar-refractivity contribution in [3.8, 4) is 0 Å². The van der Waals surface area contributed by atoms with Gasteiger partial charge in [0.05, 0.1) is 0 Å². The van der Waals surface area contributed by atoms with Gasteiger partial charge in [-0.05, 0) is 38.4 Å². The molecule has 2 N–H and O–H groups in total. The number of rotatable bonds is 3. The van der Waals surface area contributed by atoms with Crippen LogP contribution in [0.4, 0.5) is 0 Å². The zero-order valence-corrected chi connectivity index (χ0v) is 8.33. The standard InChI is InChI=1S/C9H18N2S/c1-3-10-4-2-8(1)5-11-9-6-12-7-9/h8-11H,1-7H2. The molecule has 2 rings (SSSR count). The quantitative estimate of drug-likeness (QED) is 0.678. The highest BCUT2D eigenvalue weighted by atomic mass is 32.2. The molecule has 0 saturated carbocycles. The van der Waals surface area contributed by atoms with Crippen LogP contribution in [-0.2, 0) is 0 Å². The summed E-state index contributed by atoms with van der Waals surface area (Å²) in [4.78, 5) is 0. The predicted molar refractivity (Wildman–Crippen MR) is 54.7 cm³/mol. The number of thioether (sulfide) groups is 1. The lowest BCUT2D eigenvalue weighted by Crippen LogP contribution is -2.44. The molecule has 0 aromatic heterocycles. The number of nitrogens with one attached hydrogen (secondary N) is 2. The van der Waals surface area contributed by atoms with Crippen LogP contribution in [0.1, 0.15) is 12.8 Å². The molecule has 70 valence electrons. The minimum Gasteiger partial charge on any atom is -0.317 e. The third-order valence-corrected chi connectivity index (χ3v) is 4.07. The summed E-state index contributed by atoms with van der Waals surface area (Å²) >= 11 is 2.06. The van der Waals surface area contributed by atoms with Gasteiger partial charge in [-0.15, -0.1) is 0 Å². The molecule has 0 spiro atoms. The van der Waals surface area contributed by atoms with E-state index >= 15 is 0 Å². The molecule has 2 fully saturated rings. The second-order valence-electron chi connectivity index (χ2n) is 3.84. The Morgan fingerprint density at radius 1 is 1.25 bits per heavy atom. The zero-order valence-electron chi connectivity index (χ0n) is 7.51. The van der Waals surface area contributed by atoms with E-state index in [1.54, 1.807) is 0 Å². The molecule has 2 heterocycles. The third kappa shape index (κ3) is 2.38. The van der Waals surface area contributed by atoms with Crippen LogP contribution in [-0.4, -0.2) is 37.2 Å². The molecule has 0 radical (unpaired) electrons. The average molecular weight is 186 g/mol. The molecule has 3 heteroatoms. The highest BCUT2D eigenvalue weighted by Gasteiger charge is 2.19. The Kier molecular flexibility index (Phi) is 3.31. The van der Waals surface area contributed by atoms with Crippen molar-refractivity contribution in [3.63, 3.8) is 0 Å². The molecular weight excluding hydrogens is 168 g/mol. The monoisotopic (exact) mass is 186 g/mol. The molecule has 2 saturated heterocycles. The normalized spacial score (nSPS) is 27.0. The summed E-state index contributed by atoms with van der Waals surface area (Å²) in [5.41, 5.74) is 0. The molecule has 0 bridgehead atoms. The van der Waals surface area contributed by atoms with Gasteiger partial charge < -0.3 is 10.6 Å².